The maximum atomic E-state index is 12.4. The molecule has 10 nitrogen and oxygen atoms in total. The van der Waals surface area contributed by atoms with Crippen LogP contribution in [0.25, 0.3) is 0 Å². The zero-order valence-electron chi connectivity index (χ0n) is 14.9. The lowest BCUT2D eigenvalue weighted by atomic mass is 9.98. The Hall–Kier alpha value is -1.66. The Labute approximate surface area is 153 Å². The number of aliphatic hydroxyl groups is 3. The molecular formula is C15H23N3O7S. The summed E-state index contributed by atoms with van der Waals surface area (Å²) in [5.41, 5.74) is -2.19. The van der Waals surface area contributed by atoms with Crippen LogP contribution in [0.4, 0.5) is 0 Å². The summed E-state index contributed by atoms with van der Waals surface area (Å²) in [7, 11) is 2.59. The van der Waals surface area contributed by atoms with Gasteiger partial charge in [-0.2, -0.15) is 0 Å². The first-order valence-electron chi connectivity index (χ1n) is 7.84. The van der Waals surface area contributed by atoms with Gasteiger partial charge in [-0.15, -0.1) is 11.8 Å². The Morgan fingerprint density at radius 3 is 2.38 bits per heavy atom. The minimum Gasteiger partial charge on any atom is -0.494 e. The van der Waals surface area contributed by atoms with Gasteiger partial charge in [0.1, 0.15) is 35.4 Å². The van der Waals surface area contributed by atoms with Crippen LogP contribution in [-0.2, 0) is 18.8 Å². The SMILES string of the molecule is CSC1OC(CO)[C@@H](O)[C@H](O)[C@@H]1N=C(C)c1c(O)n(C)c(=O)n(C)c1=O. The summed E-state index contributed by atoms with van der Waals surface area (Å²) in [6, 6.07) is -0.941. The number of hydrogen-bond donors (Lipinski definition) is 4. The average Bonchev–Trinajstić information content (AvgIpc) is 2.62. The highest BCUT2D eigenvalue weighted by molar-refractivity contribution is 7.99. The van der Waals surface area contributed by atoms with Crippen LogP contribution < -0.4 is 11.2 Å². The number of hydrogen-bond acceptors (Lipinski definition) is 9. The number of ether oxygens (including phenoxy) is 1. The second kappa shape index (κ2) is 7.92. The van der Waals surface area contributed by atoms with Gasteiger partial charge >= 0.3 is 5.69 Å². The molecule has 1 aliphatic rings. The first-order valence-corrected chi connectivity index (χ1v) is 9.13. The molecule has 26 heavy (non-hydrogen) atoms. The van der Waals surface area contributed by atoms with Crippen molar-refractivity contribution in [2.24, 2.45) is 19.1 Å². The Morgan fingerprint density at radius 2 is 1.85 bits per heavy atom. The van der Waals surface area contributed by atoms with Crippen LogP contribution in [0.3, 0.4) is 0 Å². The molecule has 0 bridgehead atoms. The first-order chi connectivity index (χ1) is 12.1. The van der Waals surface area contributed by atoms with Gasteiger partial charge in [-0.3, -0.25) is 18.9 Å². The molecule has 0 saturated carbocycles. The van der Waals surface area contributed by atoms with Crippen LogP contribution in [0.1, 0.15) is 12.5 Å². The van der Waals surface area contributed by atoms with Crippen LogP contribution in [-0.4, -0.2) is 77.9 Å². The number of aromatic hydroxyl groups is 1. The Balaban J connectivity index is 2.53. The highest BCUT2D eigenvalue weighted by Gasteiger charge is 2.44. The van der Waals surface area contributed by atoms with Gasteiger partial charge < -0.3 is 25.2 Å². The summed E-state index contributed by atoms with van der Waals surface area (Å²) in [6.07, 6.45) is -1.94. The van der Waals surface area contributed by atoms with Crippen molar-refractivity contribution in [2.75, 3.05) is 12.9 Å². The standard InChI is InChI=1S/C15H23N3O7S/c1-6(8-12(22)17(2)15(24)18(3)13(8)23)16-9-11(21)10(20)7(5-19)25-14(9)26-4/h7,9-11,14,19-22H,5H2,1-4H3/t7?,9-,10+,11+,14?/m0/s1. The molecule has 1 aromatic heterocycles. The van der Waals surface area contributed by atoms with Crippen LogP contribution in [0.5, 0.6) is 5.88 Å². The molecule has 2 heterocycles. The van der Waals surface area contributed by atoms with Crippen molar-refractivity contribution in [2.45, 2.75) is 36.7 Å². The van der Waals surface area contributed by atoms with Crippen LogP contribution in [0, 0.1) is 0 Å². The van der Waals surface area contributed by atoms with E-state index in [1.165, 1.54) is 32.8 Å². The molecule has 11 heteroatoms. The molecule has 1 aliphatic heterocycles. The van der Waals surface area contributed by atoms with E-state index in [2.05, 4.69) is 4.99 Å². The Kier molecular flexibility index (Phi) is 6.29. The molecule has 146 valence electrons. The highest BCUT2D eigenvalue weighted by atomic mass is 32.2. The molecule has 0 aliphatic carbocycles. The van der Waals surface area contributed by atoms with Crippen molar-refractivity contribution >= 4 is 17.5 Å². The topological polar surface area (TPSA) is 147 Å². The van der Waals surface area contributed by atoms with Gasteiger partial charge in [0, 0.05) is 14.1 Å². The van der Waals surface area contributed by atoms with E-state index in [9.17, 15) is 30.0 Å². The normalized spacial score (nSPS) is 29.8. The van der Waals surface area contributed by atoms with Crippen molar-refractivity contribution in [1.82, 2.24) is 9.13 Å². The van der Waals surface area contributed by atoms with Crippen LogP contribution >= 0.6 is 11.8 Å². The quantitative estimate of drug-likeness (QED) is 0.423. The fourth-order valence-electron chi connectivity index (χ4n) is 2.84. The number of nitrogens with zero attached hydrogens (tertiary/aromatic N) is 3. The molecule has 0 amide bonds. The maximum Gasteiger partial charge on any atom is 0.333 e. The molecule has 2 unspecified atom stereocenters. The summed E-state index contributed by atoms with van der Waals surface area (Å²) in [5, 5.41) is 39.9. The summed E-state index contributed by atoms with van der Waals surface area (Å²) in [5.74, 6) is -0.542. The van der Waals surface area contributed by atoms with E-state index in [1.54, 1.807) is 6.26 Å². The smallest absolute Gasteiger partial charge is 0.333 e. The predicted molar refractivity (Wildman–Crippen MR) is 95.9 cm³/mol. The number of thioether (sulfide) groups is 1. The third-order valence-corrected chi connectivity index (χ3v) is 5.27. The lowest BCUT2D eigenvalue weighted by molar-refractivity contribution is -0.165. The van der Waals surface area contributed by atoms with E-state index in [1.807, 2.05) is 0 Å². The molecular weight excluding hydrogens is 366 g/mol. The van der Waals surface area contributed by atoms with Crippen molar-refractivity contribution in [1.29, 1.82) is 0 Å². The van der Waals surface area contributed by atoms with Crippen molar-refractivity contribution < 1.29 is 25.2 Å². The number of rotatable bonds is 4. The average molecular weight is 389 g/mol. The number of aromatic nitrogens is 2. The molecule has 0 aromatic carbocycles. The Morgan fingerprint density at radius 1 is 1.23 bits per heavy atom. The molecule has 0 radical (unpaired) electrons. The van der Waals surface area contributed by atoms with Crippen molar-refractivity contribution in [3.05, 3.63) is 26.4 Å². The second-order valence-electron chi connectivity index (χ2n) is 6.05. The maximum absolute atomic E-state index is 12.4. The molecule has 1 aromatic rings. The third-order valence-electron chi connectivity index (χ3n) is 4.42. The van der Waals surface area contributed by atoms with Gasteiger partial charge in [-0.05, 0) is 13.2 Å². The first kappa shape index (κ1) is 20.6. The summed E-state index contributed by atoms with van der Waals surface area (Å²) in [6.45, 7) is 0.988. The van der Waals surface area contributed by atoms with E-state index in [-0.39, 0.29) is 11.3 Å². The van der Waals surface area contributed by atoms with E-state index < -0.39 is 53.5 Å². The number of aliphatic hydroxyl groups excluding tert-OH is 3. The molecule has 2 rings (SSSR count). The van der Waals surface area contributed by atoms with Gasteiger partial charge in [0.25, 0.3) is 5.56 Å². The van der Waals surface area contributed by atoms with E-state index in [0.717, 1.165) is 9.13 Å². The fraction of sp³-hybridized carbons (Fsp3) is 0.667. The summed E-state index contributed by atoms with van der Waals surface area (Å²) in [4.78, 5) is 28.5. The molecule has 1 saturated heterocycles. The third kappa shape index (κ3) is 3.45. The molecule has 1 fully saturated rings. The minimum absolute atomic E-state index is 0.0834. The zero-order valence-corrected chi connectivity index (χ0v) is 15.7. The monoisotopic (exact) mass is 389 g/mol. The minimum atomic E-state index is -1.36. The van der Waals surface area contributed by atoms with Crippen LogP contribution in [0.15, 0.2) is 14.6 Å². The highest BCUT2D eigenvalue weighted by Crippen LogP contribution is 2.29. The summed E-state index contributed by atoms with van der Waals surface area (Å²) < 4.78 is 7.29. The van der Waals surface area contributed by atoms with Crippen molar-refractivity contribution in [3.8, 4) is 5.88 Å². The Bertz CT molecular complexity index is 817. The van der Waals surface area contributed by atoms with Gasteiger partial charge in [0.2, 0.25) is 5.88 Å². The lowest BCUT2D eigenvalue weighted by Gasteiger charge is -2.40. The molecule has 5 atom stereocenters. The van der Waals surface area contributed by atoms with Gasteiger partial charge in [-0.1, -0.05) is 0 Å². The van der Waals surface area contributed by atoms with Crippen molar-refractivity contribution in [3.63, 3.8) is 0 Å². The lowest BCUT2D eigenvalue weighted by Crippen LogP contribution is -2.57. The van der Waals surface area contributed by atoms with E-state index >= 15 is 0 Å². The van der Waals surface area contributed by atoms with Gasteiger partial charge in [0.15, 0.2) is 0 Å². The fourth-order valence-corrected chi connectivity index (χ4v) is 3.59. The van der Waals surface area contributed by atoms with E-state index in [0.29, 0.717) is 0 Å². The van der Waals surface area contributed by atoms with Gasteiger partial charge in [-0.25, -0.2) is 4.79 Å². The summed E-state index contributed by atoms with van der Waals surface area (Å²) >= 11 is 1.22. The molecule has 0 spiro atoms. The van der Waals surface area contributed by atoms with E-state index in [4.69, 9.17) is 4.74 Å². The van der Waals surface area contributed by atoms with Gasteiger partial charge in [0.05, 0.1) is 12.3 Å². The zero-order chi connectivity index (χ0) is 19.8. The molecule has 4 N–H and O–H groups in total. The number of aliphatic imine (C=N–C) groups is 1. The predicted octanol–water partition coefficient (Wildman–Crippen LogP) is -2.23. The van der Waals surface area contributed by atoms with Crippen LogP contribution in [0.2, 0.25) is 0 Å². The largest absolute Gasteiger partial charge is 0.494 e. The second-order valence-corrected chi connectivity index (χ2v) is 6.99.